The van der Waals surface area contributed by atoms with E-state index in [0.29, 0.717) is 17.7 Å². The highest BCUT2D eigenvalue weighted by molar-refractivity contribution is 5.38. The van der Waals surface area contributed by atoms with E-state index in [1.165, 1.54) is 24.0 Å². The lowest BCUT2D eigenvalue weighted by Gasteiger charge is -2.26. The lowest BCUT2D eigenvalue weighted by atomic mass is 9.82. The monoisotopic (exact) mass is 219 g/mol. The molecule has 0 aromatic heterocycles. The van der Waals surface area contributed by atoms with Gasteiger partial charge in [-0.3, -0.25) is 0 Å². The molecule has 1 aliphatic carbocycles. The summed E-state index contributed by atoms with van der Waals surface area (Å²) in [7, 11) is 0. The molecule has 1 aliphatic rings. The summed E-state index contributed by atoms with van der Waals surface area (Å²) in [6, 6.07) is 6.38. The predicted octanol–water partition coefficient (Wildman–Crippen LogP) is 2.81. The number of phenolic OH excluding ortho intramolecular Hbond substituents is 1. The molecule has 0 fully saturated rings. The Labute approximate surface area is 97.7 Å². The molecule has 2 N–H and O–H groups in total. The normalized spacial score (nSPS) is 19.8. The number of rotatable bonds is 3. The standard InChI is InChI=1S/C14H21NO/c1-10(2)15-9-12-5-3-4-11-8-13(16)6-7-14(11)12/h6-8,10,12,15-16H,3-5,9H2,1-2H3. The third-order valence-electron chi connectivity index (χ3n) is 3.34. The summed E-state index contributed by atoms with van der Waals surface area (Å²) in [5, 5.41) is 13.0. The SMILES string of the molecule is CC(C)NCC1CCCc2cc(O)ccc21. The fourth-order valence-electron chi connectivity index (χ4n) is 2.49. The maximum absolute atomic E-state index is 9.48. The van der Waals surface area contributed by atoms with Crippen molar-refractivity contribution in [1.82, 2.24) is 5.32 Å². The molecule has 2 nitrogen and oxygen atoms in total. The van der Waals surface area contributed by atoms with E-state index in [4.69, 9.17) is 0 Å². The first-order valence-electron chi connectivity index (χ1n) is 6.22. The number of aromatic hydroxyl groups is 1. The van der Waals surface area contributed by atoms with Crippen molar-refractivity contribution in [1.29, 1.82) is 0 Å². The van der Waals surface area contributed by atoms with Crippen molar-refractivity contribution in [3.8, 4) is 5.75 Å². The van der Waals surface area contributed by atoms with E-state index in [1.807, 2.05) is 12.1 Å². The number of hydrogen-bond donors (Lipinski definition) is 2. The molecule has 0 radical (unpaired) electrons. The average molecular weight is 219 g/mol. The van der Waals surface area contributed by atoms with Gasteiger partial charge in [0.05, 0.1) is 0 Å². The molecule has 1 aromatic carbocycles. The minimum absolute atomic E-state index is 0.399. The molecule has 88 valence electrons. The second-order valence-electron chi connectivity index (χ2n) is 5.04. The van der Waals surface area contributed by atoms with Gasteiger partial charge < -0.3 is 10.4 Å². The van der Waals surface area contributed by atoms with Gasteiger partial charge in [-0.25, -0.2) is 0 Å². The van der Waals surface area contributed by atoms with E-state index in [1.54, 1.807) is 0 Å². The highest BCUT2D eigenvalue weighted by Crippen LogP contribution is 2.33. The quantitative estimate of drug-likeness (QED) is 0.819. The number of hydrogen-bond acceptors (Lipinski definition) is 2. The van der Waals surface area contributed by atoms with Gasteiger partial charge in [-0.05, 0) is 48.4 Å². The van der Waals surface area contributed by atoms with Crippen LogP contribution in [0.5, 0.6) is 5.75 Å². The molecular formula is C14H21NO. The van der Waals surface area contributed by atoms with Gasteiger partial charge in [-0.1, -0.05) is 19.9 Å². The Morgan fingerprint density at radius 2 is 2.25 bits per heavy atom. The topological polar surface area (TPSA) is 32.3 Å². The second-order valence-corrected chi connectivity index (χ2v) is 5.04. The van der Waals surface area contributed by atoms with E-state index in [9.17, 15) is 5.11 Å². The van der Waals surface area contributed by atoms with Gasteiger partial charge in [0.1, 0.15) is 5.75 Å². The first-order valence-corrected chi connectivity index (χ1v) is 6.22. The zero-order valence-corrected chi connectivity index (χ0v) is 10.2. The molecule has 0 saturated heterocycles. The summed E-state index contributed by atoms with van der Waals surface area (Å²) in [5.74, 6) is 1.02. The summed E-state index contributed by atoms with van der Waals surface area (Å²) in [4.78, 5) is 0. The Morgan fingerprint density at radius 3 is 3.00 bits per heavy atom. The number of fused-ring (bicyclic) bond motifs is 1. The van der Waals surface area contributed by atoms with Crippen LogP contribution in [0.25, 0.3) is 0 Å². The minimum Gasteiger partial charge on any atom is -0.508 e. The summed E-state index contributed by atoms with van der Waals surface area (Å²) >= 11 is 0. The Morgan fingerprint density at radius 1 is 1.44 bits per heavy atom. The van der Waals surface area contributed by atoms with Crippen LogP contribution in [0.3, 0.4) is 0 Å². The fourth-order valence-corrected chi connectivity index (χ4v) is 2.49. The number of aryl methyl sites for hydroxylation is 1. The predicted molar refractivity (Wildman–Crippen MR) is 66.9 cm³/mol. The Kier molecular flexibility index (Phi) is 3.49. The minimum atomic E-state index is 0.399. The van der Waals surface area contributed by atoms with Crippen LogP contribution in [0.1, 0.15) is 43.7 Å². The van der Waals surface area contributed by atoms with Crippen molar-refractivity contribution in [3.63, 3.8) is 0 Å². The van der Waals surface area contributed by atoms with Crippen molar-refractivity contribution >= 4 is 0 Å². The Balaban J connectivity index is 2.13. The average Bonchev–Trinajstić information content (AvgIpc) is 2.25. The molecule has 1 aromatic rings. The van der Waals surface area contributed by atoms with E-state index >= 15 is 0 Å². The van der Waals surface area contributed by atoms with E-state index in [-0.39, 0.29) is 0 Å². The number of phenols is 1. The van der Waals surface area contributed by atoms with Crippen molar-refractivity contribution in [2.75, 3.05) is 6.54 Å². The zero-order valence-electron chi connectivity index (χ0n) is 10.2. The third kappa shape index (κ3) is 2.56. The fraction of sp³-hybridized carbons (Fsp3) is 0.571. The van der Waals surface area contributed by atoms with Crippen LogP contribution < -0.4 is 5.32 Å². The van der Waals surface area contributed by atoms with Gasteiger partial charge in [0.25, 0.3) is 0 Å². The van der Waals surface area contributed by atoms with Crippen molar-refractivity contribution in [3.05, 3.63) is 29.3 Å². The molecule has 1 atom stereocenters. The van der Waals surface area contributed by atoms with Gasteiger partial charge in [0, 0.05) is 12.6 Å². The molecule has 16 heavy (non-hydrogen) atoms. The molecule has 2 rings (SSSR count). The molecule has 0 bridgehead atoms. The van der Waals surface area contributed by atoms with Crippen LogP contribution in [0.2, 0.25) is 0 Å². The summed E-state index contributed by atoms with van der Waals surface area (Å²) in [6.45, 7) is 5.41. The summed E-state index contributed by atoms with van der Waals surface area (Å²) in [6.07, 6.45) is 3.61. The van der Waals surface area contributed by atoms with E-state index in [0.717, 1.165) is 13.0 Å². The van der Waals surface area contributed by atoms with Crippen LogP contribution in [0.4, 0.5) is 0 Å². The molecule has 0 heterocycles. The lowest BCUT2D eigenvalue weighted by Crippen LogP contribution is -2.29. The molecule has 0 spiro atoms. The number of benzene rings is 1. The highest BCUT2D eigenvalue weighted by atomic mass is 16.3. The smallest absolute Gasteiger partial charge is 0.115 e. The van der Waals surface area contributed by atoms with Gasteiger partial charge in [-0.2, -0.15) is 0 Å². The highest BCUT2D eigenvalue weighted by Gasteiger charge is 2.20. The summed E-state index contributed by atoms with van der Waals surface area (Å²) < 4.78 is 0. The van der Waals surface area contributed by atoms with Crippen LogP contribution >= 0.6 is 0 Å². The Hall–Kier alpha value is -1.02. The maximum atomic E-state index is 9.48. The molecule has 0 saturated carbocycles. The van der Waals surface area contributed by atoms with E-state index < -0.39 is 0 Å². The largest absolute Gasteiger partial charge is 0.508 e. The van der Waals surface area contributed by atoms with Gasteiger partial charge in [0.2, 0.25) is 0 Å². The third-order valence-corrected chi connectivity index (χ3v) is 3.34. The second kappa shape index (κ2) is 4.88. The van der Waals surface area contributed by atoms with E-state index in [2.05, 4.69) is 25.2 Å². The zero-order chi connectivity index (χ0) is 11.5. The first-order chi connectivity index (χ1) is 7.66. The van der Waals surface area contributed by atoms with Crippen LogP contribution in [0.15, 0.2) is 18.2 Å². The van der Waals surface area contributed by atoms with Crippen LogP contribution in [-0.4, -0.2) is 17.7 Å². The maximum Gasteiger partial charge on any atom is 0.115 e. The van der Waals surface area contributed by atoms with Crippen molar-refractivity contribution < 1.29 is 5.11 Å². The molecule has 0 amide bonds. The molecule has 1 unspecified atom stereocenters. The summed E-state index contributed by atoms with van der Waals surface area (Å²) in [5.41, 5.74) is 2.76. The Bertz CT molecular complexity index is 360. The van der Waals surface area contributed by atoms with Gasteiger partial charge in [-0.15, -0.1) is 0 Å². The molecular weight excluding hydrogens is 198 g/mol. The van der Waals surface area contributed by atoms with Gasteiger partial charge in [0.15, 0.2) is 0 Å². The lowest BCUT2D eigenvalue weighted by molar-refractivity contribution is 0.462. The van der Waals surface area contributed by atoms with Crippen molar-refractivity contribution in [2.24, 2.45) is 0 Å². The number of nitrogens with one attached hydrogen (secondary N) is 1. The van der Waals surface area contributed by atoms with Crippen molar-refractivity contribution in [2.45, 2.75) is 45.1 Å². The molecule has 0 aliphatic heterocycles. The molecule has 2 heteroatoms. The first kappa shape index (κ1) is 11.5. The van der Waals surface area contributed by atoms with Crippen LogP contribution in [-0.2, 0) is 6.42 Å². The van der Waals surface area contributed by atoms with Gasteiger partial charge >= 0.3 is 0 Å². The van der Waals surface area contributed by atoms with Crippen LogP contribution in [0, 0.1) is 0 Å².